The maximum absolute atomic E-state index is 14.2. The van der Waals surface area contributed by atoms with E-state index in [9.17, 15) is 45.8 Å². The van der Waals surface area contributed by atoms with Crippen LogP contribution < -0.4 is 15.4 Å². The van der Waals surface area contributed by atoms with E-state index >= 15 is 0 Å². The molecule has 1 amide bonds. The Morgan fingerprint density at radius 3 is 1.89 bits per heavy atom. The van der Waals surface area contributed by atoms with E-state index in [4.69, 9.17) is 4.74 Å². The van der Waals surface area contributed by atoms with Crippen molar-refractivity contribution in [3.63, 3.8) is 0 Å². The number of rotatable bonds is 10. The fourth-order valence-corrected chi connectivity index (χ4v) is 2.79. The molecule has 1 aromatic carbocycles. The van der Waals surface area contributed by atoms with Crippen molar-refractivity contribution in [1.82, 2.24) is 5.32 Å². The zero-order chi connectivity index (χ0) is 27.2. The molecule has 0 spiro atoms. The number of ether oxygens (including phenoxy) is 3. The minimum Gasteiger partial charge on any atom is -0.495 e. The molecule has 15 heteroatoms. The highest BCUT2D eigenvalue weighted by molar-refractivity contribution is 5.92. The summed E-state index contributed by atoms with van der Waals surface area (Å²) in [5.41, 5.74) is -10.5. The summed E-state index contributed by atoms with van der Waals surface area (Å²) in [5, 5.41) is 13.4. The largest absolute Gasteiger partial charge is 0.495 e. The Balaban J connectivity index is 3.88. The molecule has 2 unspecified atom stereocenters. The molecule has 0 aliphatic rings. The van der Waals surface area contributed by atoms with Crippen molar-refractivity contribution in [2.75, 3.05) is 25.6 Å². The molecule has 0 bridgehead atoms. The molecule has 0 aromatic heterocycles. The van der Waals surface area contributed by atoms with Crippen LogP contribution in [0.1, 0.15) is 32.8 Å². The molecular weight excluding hydrogens is 494 g/mol. The molecular formula is C20H24F6N2O7. The average molecular weight is 518 g/mol. The second-order valence-corrected chi connectivity index (χ2v) is 6.84. The second-order valence-electron chi connectivity index (χ2n) is 6.84. The maximum Gasteiger partial charge on any atom is 0.441 e. The molecule has 0 saturated carbocycles. The Bertz CT molecular complexity index is 938. The van der Waals surface area contributed by atoms with E-state index in [0.717, 1.165) is 7.11 Å². The number of benzene rings is 1. The topological polar surface area (TPSA) is 123 Å². The molecule has 3 N–H and O–H groups in total. The number of esters is 2. The van der Waals surface area contributed by atoms with Crippen molar-refractivity contribution in [3.8, 4) is 5.75 Å². The fraction of sp³-hybridized carbons (Fsp3) is 0.550. The van der Waals surface area contributed by atoms with Crippen molar-refractivity contribution in [1.29, 1.82) is 0 Å². The molecule has 1 rings (SSSR count). The van der Waals surface area contributed by atoms with E-state index in [1.54, 1.807) is 5.32 Å². The first-order valence-corrected chi connectivity index (χ1v) is 10.0. The first kappa shape index (κ1) is 29.8. The molecule has 0 saturated heterocycles. The number of halogens is 6. The van der Waals surface area contributed by atoms with Crippen LogP contribution in [0.4, 0.5) is 32.0 Å². The number of carbonyl (C=O) groups excluding carboxylic acids is 3. The zero-order valence-electron chi connectivity index (χ0n) is 19.0. The number of hydrogen-bond acceptors (Lipinski definition) is 8. The van der Waals surface area contributed by atoms with Gasteiger partial charge in [0.25, 0.3) is 5.60 Å². The highest BCUT2D eigenvalue weighted by Crippen LogP contribution is 2.43. The highest BCUT2D eigenvalue weighted by atomic mass is 19.4. The minimum atomic E-state index is -5.66. The van der Waals surface area contributed by atoms with E-state index in [1.165, 1.54) is 26.1 Å². The number of amides is 1. The van der Waals surface area contributed by atoms with Gasteiger partial charge in [0.1, 0.15) is 5.75 Å². The summed E-state index contributed by atoms with van der Waals surface area (Å²) in [7, 11) is 0.950. The Labute approximate surface area is 195 Å². The lowest BCUT2D eigenvalue weighted by molar-refractivity contribution is -0.267. The monoisotopic (exact) mass is 518 g/mol. The lowest BCUT2D eigenvalue weighted by atomic mass is 9.92. The number of carbonyl (C=O) groups is 3. The van der Waals surface area contributed by atoms with E-state index in [1.807, 2.05) is 0 Å². The summed E-state index contributed by atoms with van der Waals surface area (Å²) >= 11 is 0. The van der Waals surface area contributed by atoms with Crippen LogP contribution in [0.5, 0.6) is 5.75 Å². The van der Waals surface area contributed by atoms with Crippen molar-refractivity contribution < 1.29 is 60.0 Å². The Hall–Kier alpha value is -3.23. The lowest BCUT2D eigenvalue weighted by Gasteiger charge is -2.36. The van der Waals surface area contributed by atoms with Gasteiger partial charge >= 0.3 is 30.0 Å². The predicted molar refractivity (Wildman–Crippen MR) is 107 cm³/mol. The molecule has 35 heavy (non-hydrogen) atoms. The van der Waals surface area contributed by atoms with Crippen LogP contribution in [-0.2, 0) is 29.5 Å². The van der Waals surface area contributed by atoms with Crippen LogP contribution in [0, 0.1) is 0 Å². The summed E-state index contributed by atoms with van der Waals surface area (Å²) in [6.07, 6.45) is -11.8. The second kappa shape index (κ2) is 11.0. The minimum absolute atomic E-state index is 0.307. The van der Waals surface area contributed by atoms with Crippen molar-refractivity contribution in [2.45, 2.75) is 50.8 Å². The molecule has 0 fully saturated rings. The molecule has 0 radical (unpaired) electrons. The van der Waals surface area contributed by atoms with Gasteiger partial charge in [0.2, 0.25) is 5.91 Å². The van der Waals surface area contributed by atoms with Gasteiger partial charge in [-0.05, 0) is 26.0 Å². The van der Waals surface area contributed by atoms with Gasteiger partial charge in [0.05, 0.1) is 26.0 Å². The molecule has 0 aliphatic heterocycles. The molecule has 2 atom stereocenters. The van der Waals surface area contributed by atoms with Crippen molar-refractivity contribution in [3.05, 3.63) is 23.8 Å². The van der Waals surface area contributed by atoms with Crippen LogP contribution in [0.25, 0.3) is 0 Å². The van der Waals surface area contributed by atoms with E-state index in [2.05, 4.69) is 9.47 Å². The first-order valence-electron chi connectivity index (χ1n) is 10.0. The van der Waals surface area contributed by atoms with Gasteiger partial charge in [-0.1, -0.05) is 13.0 Å². The number of hydrogen-bond donors (Lipinski definition) is 3. The van der Waals surface area contributed by atoms with E-state index in [0.29, 0.717) is 18.2 Å². The molecule has 0 aliphatic carbocycles. The van der Waals surface area contributed by atoms with Crippen LogP contribution >= 0.6 is 0 Å². The first-order chi connectivity index (χ1) is 16.0. The van der Waals surface area contributed by atoms with Crippen LogP contribution in [0.3, 0.4) is 0 Å². The number of anilines is 1. The molecule has 9 nitrogen and oxygen atoms in total. The van der Waals surface area contributed by atoms with Gasteiger partial charge in [0.15, 0.2) is 0 Å². The van der Waals surface area contributed by atoms with Crippen LogP contribution in [0.15, 0.2) is 18.2 Å². The number of methoxy groups -OCH3 is 1. The van der Waals surface area contributed by atoms with Gasteiger partial charge < -0.3 is 30.0 Å². The van der Waals surface area contributed by atoms with Gasteiger partial charge in [-0.15, -0.1) is 0 Å². The van der Waals surface area contributed by atoms with Crippen molar-refractivity contribution >= 4 is 23.5 Å². The van der Waals surface area contributed by atoms with Crippen LogP contribution in [-0.4, -0.2) is 61.3 Å². The van der Waals surface area contributed by atoms with E-state index < -0.39 is 78.1 Å². The van der Waals surface area contributed by atoms with Gasteiger partial charge in [-0.3, -0.25) is 4.79 Å². The Morgan fingerprint density at radius 2 is 1.46 bits per heavy atom. The third kappa shape index (κ3) is 5.89. The van der Waals surface area contributed by atoms with Crippen molar-refractivity contribution in [2.24, 2.45) is 0 Å². The number of alkyl halides is 6. The highest BCUT2D eigenvalue weighted by Gasteiger charge is 2.65. The standard InChI is InChI=1S/C20H24F6N2O7/c1-5-14(29)28-18(20(24,25)26,16(31)35-7-3)27-12-10-11(8-9-13(12)33-4)17(32,19(21,22)23)15(30)34-6-2/h8-10,27,32H,5-7H2,1-4H3,(H,28,29). The van der Waals surface area contributed by atoms with Crippen LogP contribution in [0.2, 0.25) is 0 Å². The summed E-state index contributed by atoms with van der Waals surface area (Å²) in [4.78, 5) is 36.4. The zero-order valence-corrected chi connectivity index (χ0v) is 19.0. The quantitative estimate of drug-likeness (QED) is 0.246. The number of aliphatic hydroxyl groups is 1. The smallest absolute Gasteiger partial charge is 0.441 e. The van der Waals surface area contributed by atoms with Gasteiger partial charge in [0, 0.05) is 12.0 Å². The van der Waals surface area contributed by atoms with E-state index in [-0.39, 0.29) is 0 Å². The fourth-order valence-electron chi connectivity index (χ4n) is 2.79. The van der Waals surface area contributed by atoms with Gasteiger partial charge in [-0.2, -0.15) is 26.3 Å². The average Bonchev–Trinajstić information content (AvgIpc) is 2.76. The SMILES string of the molecule is CCOC(=O)C(NC(=O)CC)(Nc1cc(C(O)(C(=O)OCC)C(F)(F)F)ccc1OC)C(F)(F)F. The Morgan fingerprint density at radius 1 is 0.914 bits per heavy atom. The van der Waals surface area contributed by atoms with Gasteiger partial charge in [-0.25, -0.2) is 9.59 Å². The normalized spacial score (nSPS) is 15.3. The third-order valence-corrected chi connectivity index (χ3v) is 4.58. The number of nitrogens with one attached hydrogen (secondary N) is 2. The lowest BCUT2D eigenvalue weighted by Crippen LogP contribution is -2.69. The summed E-state index contributed by atoms with van der Waals surface area (Å²) in [5.74, 6) is -5.98. The summed E-state index contributed by atoms with van der Waals surface area (Å²) in [6, 6.07) is 1.58. The Kier molecular flexibility index (Phi) is 9.37. The molecule has 1 aromatic rings. The maximum atomic E-state index is 14.2. The summed E-state index contributed by atoms with van der Waals surface area (Å²) in [6.45, 7) is 2.44. The predicted octanol–water partition coefficient (Wildman–Crippen LogP) is 2.77. The molecule has 0 heterocycles. The summed E-state index contributed by atoms with van der Waals surface area (Å²) < 4.78 is 97.4. The third-order valence-electron chi connectivity index (χ3n) is 4.58. The molecule has 198 valence electrons.